The number of rotatable bonds is 1. The number of hydrogen-bond acceptors (Lipinski definition) is 2. The van der Waals surface area contributed by atoms with Gasteiger partial charge in [-0.2, -0.15) is 0 Å². The molecule has 2 N–H and O–H groups in total. The van der Waals surface area contributed by atoms with Gasteiger partial charge in [0.15, 0.2) is 0 Å². The van der Waals surface area contributed by atoms with Crippen molar-refractivity contribution >= 4 is 21.8 Å². The smallest absolute Gasteiger partial charge is 0.254 e. The molecule has 5 heteroatoms. The predicted octanol–water partition coefficient (Wildman–Crippen LogP) is 1.76. The minimum atomic E-state index is -0.422. The lowest BCUT2D eigenvalue weighted by molar-refractivity contribution is 0.0790. The Morgan fingerprint density at radius 2 is 2.31 bits per heavy atom. The SMILES string of the molecule is NC1CCN(C(=O)c2ccc(Br)c(F)c2)C1. The zero-order valence-corrected chi connectivity index (χ0v) is 10.2. The van der Waals surface area contributed by atoms with Crippen LogP contribution >= 0.6 is 15.9 Å². The van der Waals surface area contributed by atoms with E-state index in [1.165, 1.54) is 6.07 Å². The molecule has 1 fully saturated rings. The van der Waals surface area contributed by atoms with Crippen LogP contribution in [0, 0.1) is 5.82 Å². The molecule has 1 aliphatic heterocycles. The van der Waals surface area contributed by atoms with Crippen LogP contribution in [0.25, 0.3) is 0 Å². The standard InChI is InChI=1S/C11H12BrFN2O/c12-9-2-1-7(5-10(9)13)11(16)15-4-3-8(14)6-15/h1-2,5,8H,3-4,6,14H2. The van der Waals surface area contributed by atoms with Gasteiger partial charge in [-0.25, -0.2) is 4.39 Å². The van der Waals surface area contributed by atoms with Crippen LogP contribution in [0.5, 0.6) is 0 Å². The van der Waals surface area contributed by atoms with Crippen molar-refractivity contribution < 1.29 is 9.18 Å². The topological polar surface area (TPSA) is 46.3 Å². The molecule has 1 unspecified atom stereocenters. The van der Waals surface area contributed by atoms with Crippen LogP contribution in [-0.4, -0.2) is 29.9 Å². The second kappa shape index (κ2) is 4.51. The molecule has 1 atom stereocenters. The van der Waals surface area contributed by atoms with Gasteiger partial charge in [-0.3, -0.25) is 4.79 Å². The number of hydrogen-bond donors (Lipinski definition) is 1. The molecule has 1 saturated heterocycles. The van der Waals surface area contributed by atoms with Crippen LogP contribution in [0.1, 0.15) is 16.8 Å². The van der Waals surface area contributed by atoms with E-state index in [2.05, 4.69) is 15.9 Å². The summed E-state index contributed by atoms with van der Waals surface area (Å²) in [5.41, 5.74) is 6.09. The van der Waals surface area contributed by atoms with E-state index in [0.717, 1.165) is 6.42 Å². The third kappa shape index (κ3) is 2.25. The molecule has 0 aromatic heterocycles. The normalized spacial score (nSPS) is 20.2. The van der Waals surface area contributed by atoms with Crippen molar-refractivity contribution in [2.75, 3.05) is 13.1 Å². The Labute approximate surface area is 102 Å². The highest BCUT2D eigenvalue weighted by molar-refractivity contribution is 9.10. The van der Waals surface area contributed by atoms with Crippen LogP contribution in [0.4, 0.5) is 4.39 Å². The number of amides is 1. The second-order valence-corrected chi connectivity index (χ2v) is 4.78. The molecule has 1 heterocycles. The quantitative estimate of drug-likeness (QED) is 0.855. The van der Waals surface area contributed by atoms with Crippen molar-refractivity contribution in [1.82, 2.24) is 4.90 Å². The van der Waals surface area contributed by atoms with Gasteiger partial charge in [0.2, 0.25) is 0 Å². The monoisotopic (exact) mass is 286 g/mol. The maximum atomic E-state index is 13.3. The first kappa shape index (κ1) is 11.5. The van der Waals surface area contributed by atoms with Gasteiger partial charge in [0.25, 0.3) is 5.91 Å². The molecule has 1 aromatic carbocycles. The molecule has 0 spiro atoms. The number of benzene rings is 1. The average Bonchev–Trinajstić information content (AvgIpc) is 2.68. The van der Waals surface area contributed by atoms with E-state index in [1.54, 1.807) is 17.0 Å². The summed E-state index contributed by atoms with van der Waals surface area (Å²) < 4.78 is 13.6. The summed E-state index contributed by atoms with van der Waals surface area (Å²) in [5, 5.41) is 0. The first-order chi connectivity index (χ1) is 7.58. The Balaban J connectivity index is 2.18. The lowest BCUT2D eigenvalue weighted by Gasteiger charge is -2.15. The largest absolute Gasteiger partial charge is 0.337 e. The van der Waals surface area contributed by atoms with Crippen LogP contribution in [0.3, 0.4) is 0 Å². The van der Waals surface area contributed by atoms with Gasteiger partial charge >= 0.3 is 0 Å². The highest BCUT2D eigenvalue weighted by Crippen LogP contribution is 2.19. The summed E-state index contributed by atoms with van der Waals surface area (Å²) in [4.78, 5) is 13.6. The first-order valence-corrected chi connectivity index (χ1v) is 5.87. The van der Waals surface area contributed by atoms with Gasteiger partial charge in [-0.15, -0.1) is 0 Å². The molecule has 1 amide bonds. The molecule has 0 bridgehead atoms. The molecule has 0 aliphatic carbocycles. The summed E-state index contributed by atoms with van der Waals surface area (Å²) in [7, 11) is 0. The Hall–Kier alpha value is -0.940. The van der Waals surface area contributed by atoms with E-state index in [1.807, 2.05) is 0 Å². The highest BCUT2D eigenvalue weighted by Gasteiger charge is 2.24. The summed E-state index contributed by atoms with van der Waals surface area (Å²) in [6, 6.07) is 4.44. The minimum absolute atomic E-state index is 0.0456. The van der Waals surface area contributed by atoms with Gasteiger partial charge in [0, 0.05) is 24.7 Å². The van der Waals surface area contributed by atoms with E-state index in [-0.39, 0.29) is 11.9 Å². The Morgan fingerprint density at radius 3 is 2.88 bits per heavy atom. The van der Waals surface area contributed by atoms with Crippen molar-refractivity contribution in [2.45, 2.75) is 12.5 Å². The Bertz CT molecular complexity index is 424. The van der Waals surface area contributed by atoms with Crippen LogP contribution in [-0.2, 0) is 0 Å². The fourth-order valence-corrected chi connectivity index (χ4v) is 2.03. The third-order valence-electron chi connectivity index (χ3n) is 2.68. The molecule has 86 valence electrons. The summed E-state index contributed by atoms with van der Waals surface area (Å²) >= 11 is 3.05. The highest BCUT2D eigenvalue weighted by atomic mass is 79.9. The van der Waals surface area contributed by atoms with Crippen molar-refractivity contribution in [3.05, 3.63) is 34.1 Å². The zero-order valence-electron chi connectivity index (χ0n) is 8.62. The Kier molecular flexibility index (Phi) is 3.25. The van der Waals surface area contributed by atoms with Gasteiger partial charge < -0.3 is 10.6 Å². The van der Waals surface area contributed by atoms with Crippen molar-refractivity contribution in [3.8, 4) is 0 Å². The van der Waals surface area contributed by atoms with Gasteiger partial charge in [-0.05, 0) is 40.5 Å². The van der Waals surface area contributed by atoms with Crippen molar-refractivity contribution in [2.24, 2.45) is 5.73 Å². The number of halogens is 2. The number of nitrogens with two attached hydrogens (primary N) is 1. The van der Waals surface area contributed by atoms with Crippen LogP contribution in [0.2, 0.25) is 0 Å². The number of carbonyl (C=O) groups excluding carboxylic acids is 1. The van der Waals surface area contributed by atoms with E-state index >= 15 is 0 Å². The summed E-state index contributed by atoms with van der Waals surface area (Å²) in [6.45, 7) is 1.20. The van der Waals surface area contributed by atoms with Gasteiger partial charge in [-0.1, -0.05) is 0 Å². The maximum Gasteiger partial charge on any atom is 0.254 e. The maximum absolute atomic E-state index is 13.3. The van der Waals surface area contributed by atoms with Crippen molar-refractivity contribution in [1.29, 1.82) is 0 Å². The number of carbonyl (C=O) groups is 1. The lowest BCUT2D eigenvalue weighted by atomic mass is 10.2. The summed E-state index contributed by atoms with van der Waals surface area (Å²) in [5.74, 6) is -0.575. The molecule has 1 aliphatic rings. The first-order valence-electron chi connectivity index (χ1n) is 5.08. The second-order valence-electron chi connectivity index (χ2n) is 3.93. The fraction of sp³-hybridized carbons (Fsp3) is 0.364. The third-order valence-corrected chi connectivity index (χ3v) is 3.32. The van der Waals surface area contributed by atoms with Crippen molar-refractivity contribution in [3.63, 3.8) is 0 Å². The Morgan fingerprint density at radius 1 is 1.56 bits per heavy atom. The molecular weight excluding hydrogens is 275 g/mol. The van der Waals surface area contributed by atoms with E-state index in [0.29, 0.717) is 23.1 Å². The van der Waals surface area contributed by atoms with E-state index in [4.69, 9.17) is 5.73 Å². The zero-order chi connectivity index (χ0) is 11.7. The molecule has 16 heavy (non-hydrogen) atoms. The van der Waals surface area contributed by atoms with Crippen LogP contribution in [0.15, 0.2) is 22.7 Å². The predicted molar refractivity (Wildman–Crippen MR) is 62.6 cm³/mol. The fourth-order valence-electron chi connectivity index (χ4n) is 1.78. The van der Waals surface area contributed by atoms with Crippen LogP contribution < -0.4 is 5.73 Å². The van der Waals surface area contributed by atoms with E-state index < -0.39 is 5.82 Å². The van der Waals surface area contributed by atoms with Gasteiger partial charge in [0.1, 0.15) is 5.82 Å². The molecule has 1 aromatic rings. The molecular formula is C11H12BrFN2O. The number of nitrogens with zero attached hydrogens (tertiary/aromatic N) is 1. The van der Waals surface area contributed by atoms with E-state index in [9.17, 15) is 9.18 Å². The average molecular weight is 287 g/mol. The molecule has 3 nitrogen and oxygen atoms in total. The molecule has 2 rings (SSSR count). The minimum Gasteiger partial charge on any atom is -0.337 e. The molecule has 0 saturated carbocycles. The molecule has 0 radical (unpaired) electrons. The summed E-state index contributed by atoms with van der Waals surface area (Å²) in [6.07, 6.45) is 0.810. The number of likely N-dealkylation sites (tertiary alicyclic amines) is 1. The van der Waals surface area contributed by atoms with Gasteiger partial charge in [0.05, 0.1) is 4.47 Å². The lowest BCUT2D eigenvalue weighted by Crippen LogP contribution is -2.31.